The number of aryl methyl sites for hydroxylation is 1. The van der Waals surface area contributed by atoms with Crippen molar-refractivity contribution in [2.45, 2.75) is 23.1 Å². The van der Waals surface area contributed by atoms with Gasteiger partial charge in [-0.3, -0.25) is 14.4 Å². The number of aromatic amines is 1. The van der Waals surface area contributed by atoms with Crippen LogP contribution in [0.4, 0.5) is 5.69 Å². The van der Waals surface area contributed by atoms with E-state index in [1.807, 2.05) is 19.1 Å². The van der Waals surface area contributed by atoms with E-state index in [9.17, 15) is 19.5 Å². The van der Waals surface area contributed by atoms with Gasteiger partial charge in [0.2, 0.25) is 11.8 Å². The lowest BCUT2D eigenvalue weighted by atomic mass is 9.83. The van der Waals surface area contributed by atoms with E-state index in [-0.39, 0.29) is 28.2 Å². The number of carbonyl (C=O) groups is 2. The van der Waals surface area contributed by atoms with Crippen molar-refractivity contribution >= 4 is 40.6 Å². The van der Waals surface area contributed by atoms with Gasteiger partial charge in [-0.15, -0.1) is 0 Å². The van der Waals surface area contributed by atoms with Crippen molar-refractivity contribution in [2.75, 3.05) is 12.0 Å². The number of aromatic hydroxyl groups is 1. The minimum atomic E-state index is -0.674. The predicted octanol–water partition coefficient (Wildman–Crippen LogP) is 3.25. The second kappa shape index (κ2) is 7.28. The summed E-state index contributed by atoms with van der Waals surface area (Å²) in [7, 11) is 1.45. The third-order valence-corrected chi connectivity index (χ3v) is 8.08. The molecule has 2 aromatic carbocycles. The van der Waals surface area contributed by atoms with Crippen LogP contribution >= 0.6 is 23.1 Å². The molecule has 7 nitrogen and oxygen atoms in total. The van der Waals surface area contributed by atoms with Gasteiger partial charge in [0.15, 0.2) is 11.5 Å². The summed E-state index contributed by atoms with van der Waals surface area (Å²) < 4.78 is 5.25. The zero-order valence-electron chi connectivity index (χ0n) is 16.6. The molecule has 9 heteroatoms. The molecule has 0 bridgehead atoms. The Balaban J connectivity index is 1.66. The fourth-order valence-corrected chi connectivity index (χ4v) is 6.73. The monoisotopic (exact) mass is 454 g/mol. The number of phenolic OH excluding ortho intramolecular Hbond substituents is 1. The number of phenols is 1. The third kappa shape index (κ3) is 3.07. The summed E-state index contributed by atoms with van der Waals surface area (Å²) >= 11 is 2.28. The van der Waals surface area contributed by atoms with Crippen molar-refractivity contribution in [3.8, 4) is 11.5 Å². The number of fused-ring (bicyclic) bond motifs is 2. The van der Waals surface area contributed by atoms with Crippen LogP contribution in [0.25, 0.3) is 0 Å². The molecule has 5 rings (SSSR count). The lowest BCUT2D eigenvalue weighted by Crippen LogP contribution is -2.32. The molecule has 31 heavy (non-hydrogen) atoms. The predicted molar refractivity (Wildman–Crippen MR) is 118 cm³/mol. The molecule has 3 atom stereocenters. The first kappa shape index (κ1) is 19.9. The molecular weight excluding hydrogens is 436 g/mol. The summed E-state index contributed by atoms with van der Waals surface area (Å²) in [6.07, 6.45) is 0. The number of H-pyrrole nitrogens is 1. The van der Waals surface area contributed by atoms with Crippen molar-refractivity contribution in [3.63, 3.8) is 0 Å². The molecular formula is C22H18N2O5S2. The smallest absolute Gasteiger partial charge is 0.305 e. The van der Waals surface area contributed by atoms with Crippen molar-refractivity contribution in [2.24, 2.45) is 5.92 Å². The molecule has 2 amide bonds. The minimum absolute atomic E-state index is 0.0226. The van der Waals surface area contributed by atoms with Gasteiger partial charge in [-0.1, -0.05) is 46.9 Å². The largest absolute Gasteiger partial charge is 0.504 e. The Kier molecular flexibility index (Phi) is 4.67. The minimum Gasteiger partial charge on any atom is -0.504 e. The number of thioether (sulfide) groups is 1. The van der Waals surface area contributed by atoms with Gasteiger partial charge in [-0.2, -0.15) is 0 Å². The number of benzene rings is 2. The Labute approximate surface area is 185 Å². The van der Waals surface area contributed by atoms with E-state index in [0.29, 0.717) is 16.3 Å². The van der Waals surface area contributed by atoms with Crippen LogP contribution in [-0.2, 0) is 9.59 Å². The Morgan fingerprint density at radius 2 is 1.81 bits per heavy atom. The number of rotatable bonds is 3. The number of thiazole rings is 1. The molecule has 3 aromatic rings. The fourth-order valence-electron chi connectivity index (χ4n) is 4.21. The summed E-state index contributed by atoms with van der Waals surface area (Å²) in [6.45, 7) is 1.94. The van der Waals surface area contributed by atoms with Gasteiger partial charge in [-0.25, -0.2) is 4.90 Å². The molecule has 1 aromatic heterocycles. The number of amides is 2. The van der Waals surface area contributed by atoms with Crippen LogP contribution in [0.3, 0.4) is 0 Å². The molecule has 0 spiro atoms. The Bertz CT molecular complexity index is 1260. The number of methoxy groups -OCH3 is 1. The van der Waals surface area contributed by atoms with E-state index < -0.39 is 17.1 Å². The van der Waals surface area contributed by atoms with Gasteiger partial charge in [0, 0.05) is 10.8 Å². The summed E-state index contributed by atoms with van der Waals surface area (Å²) in [4.78, 5) is 43.6. The van der Waals surface area contributed by atoms with Crippen LogP contribution in [0.15, 0.2) is 52.3 Å². The van der Waals surface area contributed by atoms with E-state index in [2.05, 4.69) is 4.98 Å². The zero-order valence-corrected chi connectivity index (χ0v) is 18.3. The van der Waals surface area contributed by atoms with E-state index in [4.69, 9.17) is 4.74 Å². The highest BCUT2D eigenvalue weighted by Gasteiger charge is 2.56. The maximum Gasteiger partial charge on any atom is 0.305 e. The number of imide groups is 1. The highest BCUT2D eigenvalue weighted by atomic mass is 32.2. The van der Waals surface area contributed by atoms with Gasteiger partial charge in [0.1, 0.15) is 5.25 Å². The zero-order chi connectivity index (χ0) is 21.9. The van der Waals surface area contributed by atoms with Gasteiger partial charge < -0.3 is 14.8 Å². The number of hydrogen-bond donors (Lipinski definition) is 2. The number of nitrogens with one attached hydrogen (secondary N) is 1. The molecule has 1 fully saturated rings. The second-order valence-electron chi connectivity index (χ2n) is 7.53. The molecule has 2 N–H and O–H groups in total. The molecule has 158 valence electrons. The number of ether oxygens (including phenoxy) is 1. The fraction of sp³-hybridized carbons (Fsp3) is 0.227. The molecule has 1 saturated heterocycles. The van der Waals surface area contributed by atoms with E-state index in [1.165, 1.54) is 29.8 Å². The van der Waals surface area contributed by atoms with Crippen molar-refractivity contribution in [1.29, 1.82) is 0 Å². The average molecular weight is 455 g/mol. The molecule has 0 radical (unpaired) electrons. The summed E-state index contributed by atoms with van der Waals surface area (Å²) in [6, 6.07) is 12.1. The maximum absolute atomic E-state index is 13.6. The molecule has 2 aliphatic rings. The number of carbonyl (C=O) groups excluding carboxylic acids is 2. The first-order valence-corrected chi connectivity index (χ1v) is 11.3. The summed E-state index contributed by atoms with van der Waals surface area (Å²) in [5.41, 5.74) is 2.27. The number of hydrogen-bond acceptors (Lipinski definition) is 7. The van der Waals surface area contributed by atoms with E-state index >= 15 is 0 Å². The highest BCUT2D eigenvalue weighted by molar-refractivity contribution is 8.00. The average Bonchev–Trinajstić information content (AvgIpc) is 3.24. The highest BCUT2D eigenvalue weighted by Crippen LogP contribution is 2.53. The topological polar surface area (TPSA) is 99.7 Å². The van der Waals surface area contributed by atoms with Crippen LogP contribution in [-0.4, -0.2) is 34.3 Å². The van der Waals surface area contributed by atoms with Gasteiger partial charge in [-0.05, 0) is 36.8 Å². The van der Waals surface area contributed by atoms with Gasteiger partial charge in [0.25, 0.3) is 0 Å². The Hall–Kier alpha value is -3.04. The molecule has 3 heterocycles. The standard InChI is InChI=1S/C22H18N2O5S2/c1-10-3-6-12(7-4-10)24-20(26)16-15(11-5-8-13(25)14(9-11)29-2)17-19(23-22(28)31-17)30-18(16)21(24)27/h3-9,15-16,18,25H,1-2H3,(H,23,28)/t15-,16-,18+/m1/s1. The van der Waals surface area contributed by atoms with Crippen molar-refractivity contribution in [3.05, 3.63) is 68.1 Å². The Morgan fingerprint density at radius 1 is 1.06 bits per heavy atom. The number of nitrogens with zero attached hydrogens (tertiary/aromatic N) is 1. The van der Waals surface area contributed by atoms with Crippen molar-refractivity contribution in [1.82, 2.24) is 4.98 Å². The van der Waals surface area contributed by atoms with E-state index in [0.717, 1.165) is 21.8 Å². The molecule has 0 aliphatic carbocycles. The van der Waals surface area contributed by atoms with Crippen LogP contribution in [0, 0.1) is 12.8 Å². The van der Waals surface area contributed by atoms with Crippen LogP contribution in [0.1, 0.15) is 21.9 Å². The number of aromatic nitrogens is 1. The summed E-state index contributed by atoms with van der Waals surface area (Å²) in [5.74, 6) is -1.53. The van der Waals surface area contributed by atoms with Crippen molar-refractivity contribution < 1.29 is 19.4 Å². The first-order valence-electron chi connectivity index (χ1n) is 9.60. The van der Waals surface area contributed by atoms with Gasteiger partial charge in [0.05, 0.1) is 23.7 Å². The number of anilines is 1. The van der Waals surface area contributed by atoms with Gasteiger partial charge >= 0.3 is 4.87 Å². The van der Waals surface area contributed by atoms with Crippen LogP contribution in [0.5, 0.6) is 11.5 Å². The summed E-state index contributed by atoms with van der Waals surface area (Å²) in [5, 5.41) is 9.97. The third-order valence-electron chi connectivity index (χ3n) is 5.68. The normalized spacial score (nSPS) is 22.4. The maximum atomic E-state index is 13.6. The second-order valence-corrected chi connectivity index (χ2v) is 9.70. The SMILES string of the molecule is COc1cc([C@H]2c3sc(=O)[nH]c3S[C@@H]3C(=O)N(c4ccc(C)cc4)C(=O)[C@H]23)ccc1O. The lowest BCUT2D eigenvalue weighted by molar-refractivity contribution is -0.122. The molecule has 2 aliphatic heterocycles. The van der Waals surface area contributed by atoms with E-state index in [1.54, 1.807) is 24.3 Å². The first-order chi connectivity index (χ1) is 14.9. The quantitative estimate of drug-likeness (QED) is 0.590. The van der Waals surface area contributed by atoms with Crippen LogP contribution in [0.2, 0.25) is 0 Å². The molecule has 0 saturated carbocycles. The molecule has 0 unspecified atom stereocenters. The van der Waals surface area contributed by atoms with Crippen LogP contribution < -0.4 is 14.5 Å². The lowest BCUT2D eigenvalue weighted by Gasteiger charge is -2.30. The Morgan fingerprint density at radius 3 is 2.52 bits per heavy atom.